The van der Waals surface area contributed by atoms with Gasteiger partial charge in [-0.15, -0.1) is 0 Å². The molecule has 0 saturated heterocycles. The lowest BCUT2D eigenvalue weighted by atomic mass is 9.79. The zero-order valence-corrected chi connectivity index (χ0v) is 10.5. The molecule has 0 aliphatic rings. The molecule has 0 radical (unpaired) electrons. The third-order valence-corrected chi connectivity index (χ3v) is 2.51. The number of benzene rings is 1. The minimum Gasteiger partial charge on any atom is -0.495 e. The number of hydrogen-bond donors (Lipinski definition) is 2. The number of ether oxygens (including phenoxy) is 3. The van der Waals surface area contributed by atoms with Crippen molar-refractivity contribution in [1.29, 1.82) is 0 Å². The van der Waals surface area contributed by atoms with Crippen molar-refractivity contribution < 1.29 is 24.3 Å². The standard InChI is InChI=1S/C9H12BBrO5/c1-14-5-16-8-4-9(15-2)7(11)3-6(8)10(12)13/h3-4,12-13H,5H2,1-2H3. The highest BCUT2D eigenvalue weighted by Gasteiger charge is 2.20. The second-order valence-electron chi connectivity index (χ2n) is 2.95. The highest BCUT2D eigenvalue weighted by Crippen LogP contribution is 2.28. The summed E-state index contributed by atoms with van der Waals surface area (Å²) in [6, 6.07) is 3.08. The van der Waals surface area contributed by atoms with Crippen LogP contribution in [0, 0.1) is 0 Å². The summed E-state index contributed by atoms with van der Waals surface area (Å²) in [5.74, 6) is 0.840. The summed E-state index contributed by atoms with van der Waals surface area (Å²) in [7, 11) is 1.37. The molecule has 7 heteroatoms. The summed E-state index contributed by atoms with van der Waals surface area (Å²) in [6.07, 6.45) is 0. The third kappa shape index (κ3) is 3.12. The Labute approximate surface area is 102 Å². The predicted octanol–water partition coefficient (Wildman–Crippen LogP) is 0.120. The molecular weight excluding hydrogens is 279 g/mol. The summed E-state index contributed by atoms with van der Waals surface area (Å²) >= 11 is 3.24. The smallest absolute Gasteiger partial charge is 0.492 e. The van der Waals surface area contributed by atoms with Crippen molar-refractivity contribution in [1.82, 2.24) is 0 Å². The largest absolute Gasteiger partial charge is 0.495 e. The molecule has 0 bridgehead atoms. The predicted molar refractivity (Wildman–Crippen MR) is 63.0 cm³/mol. The SMILES string of the molecule is COCOc1cc(OC)c(Br)cc1B(O)O. The van der Waals surface area contributed by atoms with E-state index in [-0.39, 0.29) is 12.3 Å². The van der Waals surface area contributed by atoms with Crippen molar-refractivity contribution in [2.75, 3.05) is 21.0 Å². The Morgan fingerprint density at radius 3 is 2.44 bits per heavy atom. The van der Waals surface area contributed by atoms with E-state index in [1.54, 1.807) is 6.07 Å². The van der Waals surface area contributed by atoms with Gasteiger partial charge in [0.2, 0.25) is 0 Å². The van der Waals surface area contributed by atoms with Crippen molar-refractivity contribution in [2.24, 2.45) is 0 Å². The summed E-state index contributed by atoms with van der Waals surface area (Å²) < 4.78 is 15.6. The Morgan fingerprint density at radius 1 is 1.25 bits per heavy atom. The van der Waals surface area contributed by atoms with E-state index in [2.05, 4.69) is 15.9 Å². The van der Waals surface area contributed by atoms with Crippen LogP contribution in [-0.2, 0) is 4.74 Å². The second-order valence-corrected chi connectivity index (χ2v) is 3.80. The lowest BCUT2D eigenvalue weighted by Gasteiger charge is -2.13. The van der Waals surface area contributed by atoms with Gasteiger partial charge in [0.1, 0.15) is 11.5 Å². The molecule has 88 valence electrons. The van der Waals surface area contributed by atoms with Crippen molar-refractivity contribution in [3.8, 4) is 11.5 Å². The molecule has 1 rings (SSSR count). The minimum atomic E-state index is -1.62. The molecule has 0 aliphatic carbocycles. The molecule has 5 nitrogen and oxygen atoms in total. The zero-order valence-electron chi connectivity index (χ0n) is 8.94. The van der Waals surface area contributed by atoms with E-state index < -0.39 is 7.12 Å². The molecule has 0 aliphatic heterocycles. The Hall–Kier alpha value is -0.755. The molecule has 2 N–H and O–H groups in total. The first-order valence-corrected chi connectivity index (χ1v) is 5.24. The van der Waals surface area contributed by atoms with E-state index in [0.717, 1.165) is 0 Å². The monoisotopic (exact) mass is 290 g/mol. The van der Waals surface area contributed by atoms with Crippen LogP contribution in [0.2, 0.25) is 0 Å². The average molecular weight is 291 g/mol. The fraction of sp³-hybridized carbons (Fsp3) is 0.333. The van der Waals surface area contributed by atoms with Crippen LogP contribution < -0.4 is 14.9 Å². The van der Waals surface area contributed by atoms with Gasteiger partial charge in [-0.2, -0.15) is 0 Å². The number of rotatable bonds is 5. The van der Waals surface area contributed by atoms with Gasteiger partial charge in [0.25, 0.3) is 0 Å². The van der Waals surface area contributed by atoms with Crippen molar-refractivity contribution in [2.45, 2.75) is 0 Å². The Bertz CT molecular complexity index is 358. The summed E-state index contributed by atoms with van der Waals surface area (Å²) in [5.41, 5.74) is 0.240. The van der Waals surface area contributed by atoms with Gasteiger partial charge < -0.3 is 24.3 Å². The van der Waals surface area contributed by atoms with E-state index >= 15 is 0 Å². The third-order valence-electron chi connectivity index (χ3n) is 1.89. The number of methoxy groups -OCH3 is 2. The highest BCUT2D eigenvalue weighted by molar-refractivity contribution is 9.10. The van der Waals surface area contributed by atoms with Crippen molar-refractivity contribution >= 4 is 28.5 Å². The molecule has 0 fully saturated rings. The van der Waals surface area contributed by atoms with Crippen LogP contribution in [0.1, 0.15) is 0 Å². The van der Waals surface area contributed by atoms with Crippen LogP contribution in [0.15, 0.2) is 16.6 Å². The average Bonchev–Trinajstić information content (AvgIpc) is 2.26. The van der Waals surface area contributed by atoms with E-state index in [4.69, 9.17) is 24.3 Å². The maximum atomic E-state index is 9.17. The van der Waals surface area contributed by atoms with E-state index in [9.17, 15) is 0 Å². The van der Waals surface area contributed by atoms with Gasteiger partial charge in [0.05, 0.1) is 11.6 Å². The maximum Gasteiger partial charge on any atom is 0.492 e. The molecule has 0 unspecified atom stereocenters. The van der Waals surface area contributed by atoms with Crippen LogP contribution in [0.5, 0.6) is 11.5 Å². The van der Waals surface area contributed by atoms with Crippen molar-refractivity contribution in [3.05, 3.63) is 16.6 Å². The summed E-state index contributed by atoms with van der Waals surface area (Å²) in [6.45, 7) is 0.0184. The highest BCUT2D eigenvalue weighted by atomic mass is 79.9. The molecular formula is C9H12BBrO5. The summed E-state index contributed by atoms with van der Waals surface area (Å²) in [5, 5.41) is 18.3. The van der Waals surface area contributed by atoms with Gasteiger partial charge >= 0.3 is 7.12 Å². The first kappa shape index (κ1) is 13.3. The van der Waals surface area contributed by atoms with Gasteiger partial charge in [-0.3, -0.25) is 0 Å². The van der Waals surface area contributed by atoms with Crippen molar-refractivity contribution in [3.63, 3.8) is 0 Å². The first-order valence-electron chi connectivity index (χ1n) is 4.45. The van der Waals surface area contributed by atoms with Gasteiger partial charge in [0, 0.05) is 18.6 Å². The van der Waals surface area contributed by atoms with Gasteiger partial charge in [-0.25, -0.2) is 0 Å². The van der Waals surface area contributed by atoms with E-state index in [0.29, 0.717) is 16.0 Å². The lowest BCUT2D eigenvalue weighted by Crippen LogP contribution is -2.31. The van der Waals surface area contributed by atoms with Gasteiger partial charge in [-0.05, 0) is 22.0 Å². The molecule has 0 atom stereocenters. The molecule has 0 aromatic heterocycles. The Balaban J connectivity index is 3.09. The molecule has 1 aromatic carbocycles. The Morgan fingerprint density at radius 2 is 1.94 bits per heavy atom. The molecule has 1 aromatic rings. The van der Waals surface area contributed by atoms with Gasteiger partial charge in [-0.1, -0.05) is 0 Å². The van der Waals surface area contributed by atoms with Crippen LogP contribution in [0.3, 0.4) is 0 Å². The fourth-order valence-electron chi connectivity index (χ4n) is 1.16. The molecule has 0 heterocycles. The summed E-state index contributed by atoms with van der Waals surface area (Å²) in [4.78, 5) is 0. The van der Waals surface area contributed by atoms with E-state index in [1.165, 1.54) is 20.3 Å². The number of halogens is 1. The molecule has 0 saturated carbocycles. The van der Waals surface area contributed by atoms with Gasteiger partial charge in [0.15, 0.2) is 6.79 Å². The van der Waals surface area contributed by atoms with E-state index in [1.807, 2.05) is 0 Å². The fourth-order valence-corrected chi connectivity index (χ4v) is 1.68. The topological polar surface area (TPSA) is 68.2 Å². The normalized spacial score (nSPS) is 10.1. The second kappa shape index (κ2) is 6.10. The molecule has 0 amide bonds. The van der Waals surface area contributed by atoms with Crippen LogP contribution in [-0.4, -0.2) is 38.2 Å². The molecule has 0 spiro atoms. The number of hydrogen-bond acceptors (Lipinski definition) is 5. The quantitative estimate of drug-likeness (QED) is 0.596. The zero-order chi connectivity index (χ0) is 12.1. The van der Waals surface area contributed by atoms with Crippen LogP contribution >= 0.6 is 15.9 Å². The Kier molecular flexibility index (Phi) is 5.07. The lowest BCUT2D eigenvalue weighted by molar-refractivity contribution is 0.0515. The minimum absolute atomic E-state index is 0.0184. The first-order chi connectivity index (χ1) is 7.60. The molecule has 16 heavy (non-hydrogen) atoms. The van der Waals surface area contributed by atoms with Crippen LogP contribution in [0.4, 0.5) is 0 Å². The van der Waals surface area contributed by atoms with Crippen LogP contribution in [0.25, 0.3) is 0 Å². The maximum absolute atomic E-state index is 9.17.